The van der Waals surface area contributed by atoms with E-state index in [9.17, 15) is 0 Å². The van der Waals surface area contributed by atoms with Gasteiger partial charge in [-0.15, -0.1) is 0 Å². The zero-order valence-corrected chi connectivity index (χ0v) is 6.90. The van der Waals surface area contributed by atoms with Gasteiger partial charge in [0.05, 0.1) is 0 Å². The molecule has 0 fully saturated rings. The first kappa shape index (κ1) is 8.10. The minimum atomic E-state index is 0.510. The molecule has 5 N–H and O–H groups in total. The van der Waals surface area contributed by atoms with Gasteiger partial charge >= 0.3 is 0 Å². The van der Waals surface area contributed by atoms with Crippen LogP contribution in [-0.2, 0) is 6.42 Å². The summed E-state index contributed by atoms with van der Waals surface area (Å²) in [6.07, 6.45) is 2.68. The Morgan fingerprint density at radius 2 is 2.55 bits per heavy atom. The normalized spacial score (nSPS) is 11.5. The molecule has 1 rings (SSSR count). The van der Waals surface area contributed by atoms with Gasteiger partial charge in [0, 0.05) is 0 Å². The van der Waals surface area contributed by atoms with Crippen molar-refractivity contribution in [1.82, 2.24) is 5.43 Å². The minimum absolute atomic E-state index is 0.510. The summed E-state index contributed by atoms with van der Waals surface area (Å²) in [5.41, 5.74) is 9.05. The average molecular weight is 169 g/mol. The second kappa shape index (κ2) is 4.00. The molecule has 0 amide bonds. The molecule has 1 aromatic heterocycles. The van der Waals surface area contributed by atoms with Crippen LogP contribution < -0.4 is 17.0 Å². The lowest BCUT2D eigenvalue weighted by Gasteiger charge is -1.96. The number of hydrazine groups is 1. The zero-order chi connectivity index (χ0) is 8.10. The van der Waals surface area contributed by atoms with Crippen LogP contribution in [0.3, 0.4) is 0 Å². The summed E-state index contributed by atoms with van der Waals surface area (Å²) in [6.45, 7) is 0. The summed E-state index contributed by atoms with van der Waals surface area (Å²) in [5.74, 6) is 5.58. The van der Waals surface area contributed by atoms with Crippen LogP contribution in [0.4, 0.5) is 0 Å². The third kappa shape index (κ3) is 2.61. The molecule has 0 spiro atoms. The molecule has 0 aliphatic heterocycles. The smallest absolute Gasteiger partial charge is 0.106 e. The van der Waals surface area contributed by atoms with Crippen LogP contribution in [0.25, 0.3) is 0 Å². The van der Waals surface area contributed by atoms with E-state index in [1.54, 1.807) is 11.3 Å². The average Bonchev–Trinajstić information content (AvgIpc) is 2.52. The first-order valence-electron chi connectivity index (χ1n) is 3.26. The van der Waals surface area contributed by atoms with Crippen LogP contribution in [0.2, 0.25) is 0 Å². The molecule has 0 aliphatic carbocycles. The van der Waals surface area contributed by atoms with Crippen molar-refractivity contribution >= 4 is 11.3 Å². The van der Waals surface area contributed by atoms with Crippen LogP contribution >= 0.6 is 11.3 Å². The standard InChI is InChI=1S/C7H11N3S/c8-7(10-9)2-1-6-3-4-11-5-6/h2-5,10H,1,8-9H2/b7-2-. The summed E-state index contributed by atoms with van der Waals surface area (Å²) < 4.78 is 0. The number of hydrogen-bond acceptors (Lipinski definition) is 4. The highest BCUT2D eigenvalue weighted by atomic mass is 32.1. The maximum absolute atomic E-state index is 5.42. The fraction of sp³-hybridized carbons (Fsp3) is 0.143. The molecule has 0 aromatic carbocycles. The largest absolute Gasteiger partial charge is 0.385 e. The first-order valence-corrected chi connectivity index (χ1v) is 4.20. The van der Waals surface area contributed by atoms with Gasteiger partial charge < -0.3 is 11.2 Å². The Kier molecular flexibility index (Phi) is 2.95. The Balaban J connectivity index is 2.45. The molecule has 1 aromatic rings. The van der Waals surface area contributed by atoms with E-state index in [0.29, 0.717) is 5.82 Å². The molecule has 0 saturated carbocycles. The van der Waals surface area contributed by atoms with Crippen molar-refractivity contribution in [2.75, 3.05) is 0 Å². The summed E-state index contributed by atoms with van der Waals surface area (Å²) in [6, 6.07) is 2.06. The molecule has 0 aliphatic rings. The molecule has 60 valence electrons. The van der Waals surface area contributed by atoms with E-state index in [4.69, 9.17) is 11.6 Å². The first-order chi connectivity index (χ1) is 5.33. The lowest BCUT2D eigenvalue weighted by Crippen LogP contribution is -2.26. The van der Waals surface area contributed by atoms with Crippen LogP contribution in [0.15, 0.2) is 28.7 Å². The Morgan fingerprint density at radius 3 is 3.09 bits per heavy atom. The lowest BCUT2D eigenvalue weighted by molar-refractivity contribution is 0.859. The molecule has 3 nitrogen and oxygen atoms in total. The number of thiophene rings is 1. The molecule has 11 heavy (non-hydrogen) atoms. The van der Waals surface area contributed by atoms with Gasteiger partial charge in [-0.25, -0.2) is 5.84 Å². The van der Waals surface area contributed by atoms with Gasteiger partial charge in [-0.05, 0) is 34.9 Å². The van der Waals surface area contributed by atoms with Crippen molar-refractivity contribution < 1.29 is 0 Å². The maximum atomic E-state index is 5.42. The van der Waals surface area contributed by atoms with Crippen molar-refractivity contribution in [2.45, 2.75) is 6.42 Å². The molecule has 0 unspecified atom stereocenters. The van der Waals surface area contributed by atoms with Gasteiger partial charge in [0.2, 0.25) is 0 Å². The molecule has 0 atom stereocenters. The maximum Gasteiger partial charge on any atom is 0.106 e. The van der Waals surface area contributed by atoms with E-state index in [1.807, 2.05) is 11.5 Å². The fourth-order valence-corrected chi connectivity index (χ4v) is 1.38. The summed E-state index contributed by atoms with van der Waals surface area (Å²) in [5, 5.41) is 4.12. The zero-order valence-electron chi connectivity index (χ0n) is 6.08. The molecular formula is C7H11N3S. The second-order valence-electron chi connectivity index (χ2n) is 2.14. The third-order valence-electron chi connectivity index (χ3n) is 1.30. The van der Waals surface area contributed by atoms with Crippen LogP contribution in [0, 0.1) is 0 Å². The highest BCUT2D eigenvalue weighted by molar-refractivity contribution is 7.07. The summed E-state index contributed by atoms with van der Waals surface area (Å²) in [4.78, 5) is 0. The molecule has 4 heteroatoms. The number of hydrogen-bond donors (Lipinski definition) is 3. The fourth-order valence-electron chi connectivity index (χ4n) is 0.696. The van der Waals surface area contributed by atoms with E-state index in [0.717, 1.165) is 6.42 Å². The SMILES string of the molecule is NN/C(N)=C\Cc1ccsc1. The van der Waals surface area contributed by atoms with E-state index in [2.05, 4.69) is 16.9 Å². The number of allylic oxidation sites excluding steroid dienone is 1. The summed E-state index contributed by atoms with van der Waals surface area (Å²) >= 11 is 1.68. The quantitative estimate of drug-likeness (QED) is 0.457. The second-order valence-corrected chi connectivity index (χ2v) is 2.92. The Bertz CT molecular complexity index is 228. The Morgan fingerprint density at radius 1 is 1.73 bits per heavy atom. The van der Waals surface area contributed by atoms with Gasteiger partial charge in [-0.3, -0.25) is 0 Å². The van der Waals surface area contributed by atoms with E-state index < -0.39 is 0 Å². The van der Waals surface area contributed by atoms with Gasteiger partial charge in [-0.1, -0.05) is 0 Å². The number of rotatable bonds is 3. The van der Waals surface area contributed by atoms with Crippen LogP contribution in [0.5, 0.6) is 0 Å². The predicted octanol–water partition coefficient (Wildman–Crippen LogP) is 0.554. The van der Waals surface area contributed by atoms with E-state index >= 15 is 0 Å². The molecule has 0 radical (unpaired) electrons. The predicted molar refractivity (Wildman–Crippen MR) is 47.6 cm³/mol. The van der Waals surface area contributed by atoms with E-state index in [-0.39, 0.29) is 0 Å². The molecular weight excluding hydrogens is 158 g/mol. The topological polar surface area (TPSA) is 64.1 Å². The van der Waals surface area contributed by atoms with Crippen molar-refractivity contribution in [3.05, 3.63) is 34.3 Å². The van der Waals surface area contributed by atoms with Crippen LogP contribution in [0.1, 0.15) is 5.56 Å². The highest BCUT2D eigenvalue weighted by Gasteiger charge is 1.89. The van der Waals surface area contributed by atoms with Gasteiger partial charge in [0.25, 0.3) is 0 Å². The van der Waals surface area contributed by atoms with Gasteiger partial charge in [0.1, 0.15) is 5.82 Å². The molecule has 0 saturated heterocycles. The van der Waals surface area contributed by atoms with Crippen LogP contribution in [-0.4, -0.2) is 0 Å². The number of nitrogens with one attached hydrogen (secondary N) is 1. The monoisotopic (exact) mass is 169 g/mol. The molecule has 1 heterocycles. The van der Waals surface area contributed by atoms with E-state index in [1.165, 1.54) is 5.56 Å². The van der Waals surface area contributed by atoms with Gasteiger partial charge in [0.15, 0.2) is 0 Å². The lowest BCUT2D eigenvalue weighted by atomic mass is 10.2. The third-order valence-corrected chi connectivity index (χ3v) is 2.04. The van der Waals surface area contributed by atoms with Crippen molar-refractivity contribution in [1.29, 1.82) is 0 Å². The number of nitrogens with two attached hydrogens (primary N) is 2. The van der Waals surface area contributed by atoms with Gasteiger partial charge in [-0.2, -0.15) is 11.3 Å². The minimum Gasteiger partial charge on any atom is -0.385 e. The van der Waals surface area contributed by atoms with Crippen molar-refractivity contribution in [2.24, 2.45) is 11.6 Å². The highest BCUT2D eigenvalue weighted by Crippen LogP contribution is 2.06. The van der Waals surface area contributed by atoms with Crippen molar-refractivity contribution in [3.8, 4) is 0 Å². The molecule has 0 bridgehead atoms. The summed E-state index contributed by atoms with van der Waals surface area (Å²) in [7, 11) is 0. The van der Waals surface area contributed by atoms with Crippen molar-refractivity contribution in [3.63, 3.8) is 0 Å². The Labute approximate surface area is 69.7 Å². The Hall–Kier alpha value is -1.00.